The summed E-state index contributed by atoms with van der Waals surface area (Å²) in [4.78, 5) is 83.6. The summed E-state index contributed by atoms with van der Waals surface area (Å²) in [6.45, 7) is 4.15. The first-order valence-corrected chi connectivity index (χ1v) is 27.2. The number of piperazine rings is 1. The van der Waals surface area contributed by atoms with Gasteiger partial charge in [-0.15, -0.1) is 0 Å². The molecule has 6 amide bonds. The molecule has 2 aromatic heterocycles. The Labute approximate surface area is 486 Å². The standard InChI is InChI=1S/C58H59Cl3F2N10O9/c1-37(74)72(45(22-23-52(75)70-25-24-67-58(2,3)36-70)35-81-73(50-27-39-14-7-8-15-41(39)29-64-50)55(76)65-30-42-17-10-20-47(62)53(42)60)71(32-43-18-11-21-48(63)54(43)61)46(31-66-56(77)79-33-38-12-5-4-6-13-38)34-80-57(78)68-51-28-49(69-82-51)40-16-9-19-44(59)26-40/h4-21,26-29,45-46,67H,22-25,30-36H2,1-3H3,(H,65,76)(H,66,77)(H,68,78)/t45-,46-/m0/s1. The predicted molar refractivity (Wildman–Crippen MR) is 305 cm³/mol. The van der Waals surface area contributed by atoms with Crippen LogP contribution in [0.1, 0.15) is 50.3 Å². The largest absolute Gasteiger partial charge is 0.447 e. The van der Waals surface area contributed by atoms with Gasteiger partial charge in [-0.25, -0.2) is 33.2 Å². The number of hydroxylamine groups is 1. The van der Waals surface area contributed by atoms with Crippen LogP contribution in [0.4, 0.5) is 34.9 Å². The zero-order valence-corrected chi connectivity index (χ0v) is 47.1. The molecular formula is C58H59Cl3F2N10O9. The van der Waals surface area contributed by atoms with E-state index in [9.17, 15) is 28.4 Å². The molecule has 0 unspecified atom stereocenters. The van der Waals surface area contributed by atoms with E-state index in [-0.39, 0.29) is 71.3 Å². The highest BCUT2D eigenvalue weighted by molar-refractivity contribution is 6.32. The summed E-state index contributed by atoms with van der Waals surface area (Å²) < 4.78 is 46.9. The number of halogens is 5. The number of hydrazine groups is 1. The Morgan fingerprint density at radius 1 is 0.793 bits per heavy atom. The van der Waals surface area contributed by atoms with Gasteiger partial charge in [-0.3, -0.25) is 24.8 Å². The summed E-state index contributed by atoms with van der Waals surface area (Å²) in [6, 6.07) is 30.9. The number of alkyl carbamates (subject to hydrolysis) is 1. The van der Waals surface area contributed by atoms with Gasteiger partial charge in [0.25, 0.3) is 0 Å². The van der Waals surface area contributed by atoms with Crippen molar-refractivity contribution in [3.05, 3.63) is 177 Å². The summed E-state index contributed by atoms with van der Waals surface area (Å²) in [6.07, 6.45) is -0.689. The highest BCUT2D eigenvalue weighted by Crippen LogP contribution is 2.29. The van der Waals surface area contributed by atoms with Crippen LogP contribution in [0.25, 0.3) is 22.0 Å². The molecule has 3 heterocycles. The Balaban J connectivity index is 1.16. The molecule has 24 heteroatoms. The van der Waals surface area contributed by atoms with E-state index in [1.54, 1.807) is 71.6 Å². The third-order valence-electron chi connectivity index (χ3n) is 13.2. The Kier molecular flexibility index (Phi) is 20.7. The third-order valence-corrected chi connectivity index (χ3v) is 14.3. The Bertz CT molecular complexity index is 3380. The van der Waals surface area contributed by atoms with E-state index >= 15 is 4.39 Å². The third kappa shape index (κ3) is 16.4. The Morgan fingerprint density at radius 2 is 1.50 bits per heavy atom. The fourth-order valence-electron chi connectivity index (χ4n) is 9.10. The number of anilines is 2. The first-order chi connectivity index (χ1) is 39.4. The number of amides is 6. The van der Waals surface area contributed by atoms with Gasteiger partial charge in [0.05, 0.1) is 28.7 Å². The number of nitrogens with one attached hydrogen (secondary N) is 4. The molecule has 1 aliphatic heterocycles. The van der Waals surface area contributed by atoms with Gasteiger partial charge in [0.2, 0.25) is 17.7 Å². The lowest BCUT2D eigenvalue weighted by Crippen LogP contribution is -2.61. The molecular weight excluding hydrogens is 1130 g/mol. The monoisotopic (exact) mass is 1180 g/mol. The smallest absolute Gasteiger partial charge is 0.414 e. The van der Waals surface area contributed by atoms with Crippen molar-refractivity contribution in [1.29, 1.82) is 0 Å². The molecule has 5 aromatic carbocycles. The van der Waals surface area contributed by atoms with Crippen molar-refractivity contribution in [2.75, 3.05) is 49.8 Å². The highest BCUT2D eigenvalue weighted by atomic mass is 35.5. The van der Waals surface area contributed by atoms with Crippen molar-refractivity contribution in [1.82, 2.24) is 41.0 Å². The predicted octanol–water partition coefficient (Wildman–Crippen LogP) is 10.9. The lowest BCUT2D eigenvalue weighted by Gasteiger charge is -2.44. The molecule has 0 saturated carbocycles. The summed E-state index contributed by atoms with van der Waals surface area (Å²) in [5, 5.41) is 20.2. The van der Waals surface area contributed by atoms with Crippen LogP contribution in [-0.2, 0) is 43.6 Å². The van der Waals surface area contributed by atoms with E-state index in [0.29, 0.717) is 46.9 Å². The van der Waals surface area contributed by atoms with Crippen LogP contribution in [0.2, 0.25) is 15.1 Å². The van der Waals surface area contributed by atoms with Gasteiger partial charge in [-0.2, -0.15) is 5.06 Å². The van der Waals surface area contributed by atoms with Crippen molar-refractivity contribution in [3.63, 3.8) is 0 Å². The molecule has 19 nitrogen and oxygen atoms in total. The summed E-state index contributed by atoms with van der Waals surface area (Å²) in [5.41, 5.74) is 1.62. The normalized spacial score (nSPS) is 13.7. The van der Waals surface area contributed by atoms with E-state index in [1.807, 2.05) is 32.0 Å². The first kappa shape index (κ1) is 60.2. The Morgan fingerprint density at radius 3 is 2.23 bits per heavy atom. The lowest BCUT2D eigenvalue weighted by atomic mass is 10.0. The number of rotatable bonds is 22. The van der Waals surface area contributed by atoms with Crippen LogP contribution < -0.4 is 26.3 Å². The number of ether oxygens (including phenoxy) is 2. The van der Waals surface area contributed by atoms with Gasteiger partial charge in [0, 0.05) is 86.4 Å². The Hall–Kier alpha value is -7.92. The minimum Gasteiger partial charge on any atom is -0.447 e. The second-order valence-electron chi connectivity index (χ2n) is 19.8. The molecule has 2 atom stereocenters. The van der Waals surface area contributed by atoms with Gasteiger partial charge < -0.3 is 34.8 Å². The number of fused-ring (bicyclic) bond motifs is 1. The van der Waals surface area contributed by atoms with Crippen LogP contribution >= 0.6 is 34.8 Å². The molecule has 7 aromatic rings. The number of carbonyl (C=O) groups excluding carboxylic acids is 5. The van der Waals surface area contributed by atoms with Crippen LogP contribution in [-0.4, -0.2) is 112 Å². The highest BCUT2D eigenvalue weighted by Gasteiger charge is 2.37. The second-order valence-corrected chi connectivity index (χ2v) is 20.9. The van der Waals surface area contributed by atoms with E-state index in [0.717, 1.165) is 16.5 Å². The molecule has 82 heavy (non-hydrogen) atoms. The quantitative estimate of drug-likeness (QED) is 0.0466. The molecule has 1 saturated heterocycles. The fraction of sp³-hybridized carbons (Fsp3) is 0.293. The molecule has 430 valence electrons. The van der Waals surface area contributed by atoms with Crippen LogP contribution in [0.5, 0.6) is 0 Å². The van der Waals surface area contributed by atoms with Crippen LogP contribution in [0.15, 0.2) is 138 Å². The number of carbonyl (C=O) groups is 5. The summed E-state index contributed by atoms with van der Waals surface area (Å²) >= 11 is 19.2. The maximum absolute atomic E-state index is 15.5. The minimum absolute atomic E-state index is 0.000800. The number of hydrogen-bond donors (Lipinski definition) is 4. The van der Waals surface area contributed by atoms with Crippen molar-refractivity contribution >= 4 is 87.3 Å². The van der Waals surface area contributed by atoms with Crippen molar-refractivity contribution in [2.24, 2.45) is 0 Å². The molecule has 1 fully saturated rings. The number of pyridine rings is 1. The van der Waals surface area contributed by atoms with Gasteiger partial charge in [0.1, 0.15) is 30.5 Å². The van der Waals surface area contributed by atoms with E-state index in [1.165, 1.54) is 59.5 Å². The van der Waals surface area contributed by atoms with Gasteiger partial charge in [-0.1, -0.05) is 131 Å². The number of aromatic nitrogens is 2. The maximum atomic E-state index is 15.5. The van der Waals surface area contributed by atoms with Crippen LogP contribution in [0, 0.1) is 11.6 Å². The van der Waals surface area contributed by atoms with E-state index in [2.05, 4.69) is 31.4 Å². The molecule has 0 spiro atoms. The second kappa shape index (κ2) is 28.2. The maximum Gasteiger partial charge on any atom is 0.414 e. The lowest BCUT2D eigenvalue weighted by molar-refractivity contribution is -0.169. The molecule has 1 aliphatic rings. The zero-order chi connectivity index (χ0) is 58.3. The fourth-order valence-corrected chi connectivity index (χ4v) is 9.67. The zero-order valence-electron chi connectivity index (χ0n) is 44.9. The SMILES string of the molecule is CC(=O)N([C@@H](CCC(=O)N1CCNC(C)(C)C1)CON(C(=O)NCc1cccc(F)c1Cl)c1cc2ccccc2cn1)N(Cc1cccc(F)c1Cl)[C@@H](CNC(=O)OCc1ccccc1)COC(=O)Nc1cc(-c2cccc(Cl)c2)no1. The van der Waals surface area contributed by atoms with E-state index < -0.39 is 73.1 Å². The average molecular weight is 1180 g/mol. The van der Waals surface area contributed by atoms with Crippen molar-refractivity contribution in [2.45, 2.75) is 70.9 Å². The summed E-state index contributed by atoms with van der Waals surface area (Å²) in [5.74, 6) is -2.52. The number of hydrogen-bond acceptors (Lipinski definition) is 13. The molecule has 0 bridgehead atoms. The van der Waals surface area contributed by atoms with E-state index in [4.69, 9.17) is 53.6 Å². The van der Waals surface area contributed by atoms with Gasteiger partial charge >= 0.3 is 18.2 Å². The molecule has 0 radical (unpaired) electrons. The van der Waals surface area contributed by atoms with Gasteiger partial charge in [0.15, 0.2) is 5.82 Å². The first-order valence-electron chi connectivity index (χ1n) is 26.0. The van der Waals surface area contributed by atoms with Crippen molar-refractivity contribution in [3.8, 4) is 11.3 Å². The van der Waals surface area contributed by atoms with Gasteiger partial charge in [-0.05, 0) is 72.7 Å². The summed E-state index contributed by atoms with van der Waals surface area (Å²) in [7, 11) is 0. The molecule has 0 aliphatic carbocycles. The number of benzene rings is 5. The van der Waals surface area contributed by atoms with Crippen LogP contribution in [0.3, 0.4) is 0 Å². The minimum atomic E-state index is -1.25. The topological polar surface area (TPSA) is 213 Å². The number of urea groups is 1. The number of nitrogens with zero attached hydrogens (tertiary/aromatic N) is 6. The molecule has 8 rings (SSSR count). The van der Waals surface area contributed by atoms with Crippen molar-refractivity contribution < 1.29 is 51.6 Å². The average Bonchev–Trinajstić information content (AvgIpc) is 3.97. The molecule has 4 N–H and O–H groups in total.